The quantitative estimate of drug-likeness (QED) is 0.180. The van der Waals surface area contributed by atoms with E-state index >= 15 is 0 Å². The maximum atomic E-state index is 13.3. The van der Waals surface area contributed by atoms with Crippen molar-refractivity contribution < 1.29 is 14.6 Å². The Hall–Kier alpha value is -5.37. The number of aromatic nitrogens is 2. The molecule has 8 heteroatoms. The summed E-state index contributed by atoms with van der Waals surface area (Å²) >= 11 is 0. The van der Waals surface area contributed by atoms with Gasteiger partial charge in [-0.1, -0.05) is 60.7 Å². The maximum Gasteiger partial charge on any atom is 0.260 e. The highest BCUT2D eigenvalue weighted by atomic mass is 16.5. The van der Waals surface area contributed by atoms with Gasteiger partial charge >= 0.3 is 0 Å². The van der Waals surface area contributed by atoms with Crippen LogP contribution in [0.4, 0.5) is 5.69 Å². The highest BCUT2D eigenvalue weighted by Crippen LogP contribution is 2.36. The molecule has 0 spiro atoms. The number of hydrogen-bond donors (Lipinski definition) is 2. The molecule has 1 amide bonds. The smallest absolute Gasteiger partial charge is 0.260 e. The third kappa shape index (κ3) is 6.12. The van der Waals surface area contributed by atoms with Crippen molar-refractivity contribution in [2.75, 3.05) is 26.1 Å². The van der Waals surface area contributed by atoms with Crippen molar-refractivity contribution in [2.45, 2.75) is 6.54 Å². The maximum absolute atomic E-state index is 13.3. The van der Waals surface area contributed by atoms with Crippen LogP contribution in [-0.4, -0.2) is 48.0 Å². The molecule has 5 aromatic rings. The molecule has 41 heavy (non-hydrogen) atoms. The number of imidazole rings is 1. The molecular weight excluding hydrogens is 514 g/mol. The molecule has 1 heterocycles. The minimum absolute atomic E-state index is 0.00886. The molecule has 0 atom stereocenters. The SMILES string of the molecule is COc1cc(/C=N\NC(=O)Cn2c(-c3ccc(N(C)C)cc3)nc(-c3ccccc3)c2-c2ccccc2)ccc1O. The molecule has 0 radical (unpaired) electrons. The van der Waals surface area contributed by atoms with Gasteiger partial charge in [-0.25, -0.2) is 10.4 Å². The number of methoxy groups -OCH3 is 1. The summed E-state index contributed by atoms with van der Waals surface area (Å²) in [5, 5.41) is 14.0. The van der Waals surface area contributed by atoms with Crippen LogP contribution in [0.2, 0.25) is 0 Å². The van der Waals surface area contributed by atoms with Gasteiger partial charge in [-0.2, -0.15) is 5.10 Å². The normalized spacial score (nSPS) is 11.0. The molecule has 8 nitrogen and oxygen atoms in total. The van der Waals surface area contributed by atoms with Crippen molar-refractivity contribution in [3.05, 3.63) is 109 Å². The Labute approximate surface area is 239 Å². The van der Waals surface area contributed by atoms with Crippen molar-refractivity contribution in [1.29, 1.82) is 0 Å². The van der Waals surface area contributed by atoms with Crippen LogP contribution >= 0.6 is 0 Å². The average molecular weight is 546 g/mol. The number of carbonyl (C=O) groups excluding carboxylic acids is 1. The zero-order valence-corrected chi connectivity index (χ0v) is 23.2. The van der Waals surface area contributed by atoms with Crippen molar-refractivity contribution in [2.24, 2.45) is 5.10 Å². The second kappa shape index (κ2) is 12.2. The summed E-state index contributed by atoms with van der Waals surface area (Å²) < 4.78 is 7.09. The molecule has 0 aliphatic heterocycles. The van der Waals surface area contributed by atoms with E-state index in [9.17, 15) is 9.90 Å². The van der Waals surface area contributed by atoms with Gasteiger partial charge in [0.2, 0.25) is 0 Å². The average Bonchev–Trinajstić information content (AvgIpc) is 3.37. The van der Waals surface area contributed by atoms with Crippen LogP contribution in [0.25, 0.3) is 33.9 Å². The van der Waals surface area contributed by atoms with E-state index in [4.69, 9.17) is 9.72 Å². The fourth-order valence-corrected chi connectivity index (χ4v) is 4.55. The van der Waals surface area contributed by atoms with Gasteiger partial charge in [-0.3, -0.25) is 4.79 Å². The second-order valence-electron chi connectivity index (χ2n) is 9.62. The number of aromatic hydroxyl groups is 1. The van der Waals surface area contributed by atoms with Crippen molar-refractivity contribution in [3.63, 3.8) is 0 Å². The molecule has 1 aromatic heterocycles. The largest absolute Gasteiger partial charge is 0.504 e. The Bertz CT molecular complexity index is 1660. The van der Waals surface area contributed by atoms with Gasteiger partial charge in [0.25, 0.3) is 5.91 Å². The topological polar surface area (TPSA) is 92.0 Å². The number of phenolic OH excluding ortho intramolecular Hbond substituents is 1. The van der Waals surface area contributed by atoms with E-state index in [0.717, 1.165) is 33.8 Å². The van der Waals surface area contributed by atoms with E-state index in [1.54, 1.807) is 12.1 Å². The predicted molar refractivity (Wildman–Crippen MR) is 163 cm³/mol. The molecule has 0 aliphatic carbocycles. The minimum Gasteiger partial charge on any atom is -0.504 e. The lowest BCUT2D eigenvalue weighted by molar-refractivity contribution is -0.121. The number of nitrogens with one attached hydrogen (secondary N) is 1. The lowest BCUT2D eigenvalue weighted by Crippen LogP contribution is -2.24. The molecule has 0 saturated heterocycles. The molecule has 0 saturated carbocycles. The standard InChI is InChI=1S/C33H31N5O3/c1-37(2)27-17-15-26(16-18-27)33-35-31(24-10-6-4-7-11-24)32(25-12-8-5-9-13-25)38(33)22-30(40)36-34-21-23-14-19-28(39)29(20-23)41-3/h4-21,39H,22H2,1-3H3,(H,36,40)/b34-21-. The van der Waals surface area contributed by atoms with Crippen LogP contribution in [0.3, 0.4) is 0 Å². The number of rotatable bonds is 9. The molecule has 206 valence electrons. The Balaban J connectivity index is 1.55. The number of nitrogens with zero attached hydrogens (tertiary/aromatic N) is 4. The van der Waals surface area contributed by atoms with Crippen molar-refractivity contribution in [1.82, 2.24) is 15.0 Å². The first kappa shape index (κ1) is 27.2. The third-order valence-electron chi connectivity index (χ3n) is 6.61. The third-order valence-corrected chi connectivity index (χ3v) is 6.61. The summed E-state index contributed by atoms with van der Waals surface area (Å²) in [6.45, 7) is -0.00886. The van der Waals surface area contributed by atoms with Crippen molar-refractivity contribution in [3.8, 4) is 45.4 Å². The molecule has 0 fully saturated rings. The zero-order valence-electron chi connectivity index (χ0n) is 23.2. The fraction of sp³-hybridized carbons (Fsp3) is 0.121. The van der Waals surface area contributed by atoms with Crippen LogP contribution < -0.4 is 15.1 Å². The van der Waals surface area contributed by atoms with E-state index in [2.05, 4.69) is 10.5 Å². The minimum atomic E-state index is -0.313. The molecule has 0 aliphatic rings. The highest BCUT2D eigenvalue weighted by molar-refractivity contribution is 5.86. The van der Waals surface area contributed by atoms with Gasteiger partial charge in [0.15, 0.2) is 11.5 Å². The summed E-state index contributed by atoms with van der Waals surface area (Å²) in [6, 6.07) is 32.9. The lowest BCUT2D eigenvalue weighted by Gasteiger charge is -2.14. The molecule has 5 rings (SSSR count). The molecule has 0 bridgehead atoms. The Morgan fingerprint density at radius 1 is 0.927 bits per heavy atom. The molecule has 2 N–H and O–H groups in total. The van der Waals surface area contributed by atoms with Crippen LogP contribution in [0.15, 0.2) is 108 Å². The van der Waals surface area contributed by atoms with Gasteiger partial charge in [-0.15, -0.1) is 0 Å². The first-order valence-electron chi connectivity index (χ1n) is 13.1. The number of ether oxygens (including phenoxy) is 1. The van der Waals surface area contributed by atoms with Gasteiger partial charge in [0, 0.05) is 36.5 Å². The number of hydrogen-bond acceptors (Lipinski definition) is 6. The van der Waals surface area contributed by atoms with E-state index in [0.29, 0.717) is 17.1 Å². The predicted octanol–water partition coefficient (Wildman–Crippen LogP) is 5.81. The van der Waals surface area contributed by atoms with Crippen LogP contribution in [0.5, 0.6) is 11.5 Å². The molecule has 0 unspecified atom stereocenters. The number of carbonyl (C=O) groups is 1. The first-order valence-corrected chi connectivity index (χ1v) is 13.1. The Kier molecular flexibility index (Phi) is 8.10. The van der Waals surface area contributed by atoms with E-state index in [1.807, 2.05) is 108 Å². The number of phenols is 1. The Morgan fingerprint density at radius 3 is 2.22 bits per heavy atom. The number of anilines is 1. The fourth-order valence-electron chi connectivity index (χ4n) is 4.55. The summed E-state index contributed by atoms with van der Waals surface area (Å²) in [7, 11) is 5.47. The van der Waals surface area contributed by atoms with Gasteiger partial charge in [0.05, 0.1) is 24.7 Å². The molecule has 4 aromatic carbocycles. The summed E-state index contributed by atoms with van der Waals surface area (Å²) in [6.07, 6.45) is 1.50. The van der Waals surface area contributed by atoms with Crippen LogP contribution in [0.1, 0.15) is 5.56 Å². The van der Waals surface area contributed by atoms with E-state index < -0.39 is 0 Å². The van der Waals surface area contributed by atoms with E-state index in [-0.39, 0.29) is 18.2 Å². The lowest BCUT2D eigenvalue weighted by atomic mass is 10.0. The van der Waals surface area contributed by atoms with Gasteiger partial charge in [-0.05, 0) is 48.0 Å². The van der Waals surface area contributed by atoms with Crippen LogP contribution in [-0.2, 0) is 11.3 Å². The summed E-state index contributed by atoms with van der Waals surface area (Å²) in [5.41, 5.74) is 8.79. The zero-order chi connectivity index (χ0) is 28.8. The van der Waals surface area contributed by atoms with Crippen LogP contribution in [0, 0.1) is 0 Å². The number of amides is 1. The second-order valence-corrected chi connectivity index (χ2v) is 9.62. The highest BCUT2D eigenvalue weighted by Gasteiger charge is 2.22. The summed E-state index contributed by atoms with van der Waals surface area (Å²) in [5.74, 6) is 0.718. The monoisotopic (exact) mass is 545 g/mol. The first-order chi connectivity index (χ1) is 19.9. The Morgan fingerprint density at radius 2 is 1.59 bits per heavy atom. The van der Waals surface area contributed by atoms with E-state index in [1.165, 1.54) is 19.4 Å². The van der Waals surface area contributed by atoms with Gasteiger partial charge < -0.3 is 19.3 Å². The number of benzene rings is 4. The molecular formula is C33H31N5O3. The van der Waals surface area contributed by atoms with Gasteiger partial charge in [0.1, 0.15) is 12.4 Å². The number of hydrazone groups is 1. The summed E-state index contributed by atoms with van der Waals surface area (Å²) in [4.78, 5) is 20.4. The van der Waals surface area contributed by atoms with Crippen molar-refractivity contribution >= 4 is 17.8 Å².